The molecule has 0 radical (unpaired) electrons. The number of hydrogen-bond donors (Lipinski definition) is 5. The van der Waals surface area contributed by atoms with Crippen LogP contribution < -0.4 is 26.4 Å². The third-order valence-corrected chi connectivity index (χ3v) is 9.32. The molecule has 3 aliphatic rings. The summed E-state index contributed by atoms with van der Waals surface area (Å²) in [6.07, 6.45) is 3.64. The summed E-state index contributed by atoms with van der Waals surface area (Å²) >= 11 is 0. The van der Waals surface area contributed by atoms with Gasteiger partial charge in [0.25, 0.3) is 5.91 Å². The molecule has 3 rings (SSSR count). The zero-order valence-electron chi connectivity index (χ0n) is 25.1. The molecule has 0 aromatic carbocycles. The molecule has 6 N–H and O–H groups in total. The number of nitrogens with zero attached hydrogens (tertiary/aromatic N) is 1. The maximum absolute atomic E-state index is 14.0. The zero-order chi connectivity index (χ0) is 31.1. The van der Waals surface area contributed by atoms with Gasteiger partial charge in [0.15, 0.2) is 0 Å². The summed E-state index contributed by atoms with van der Waals surface area (Å²) in [4.78, 5) is 66.3. The second-order valence-corrected chi connectivity index (χ2v) is 15.3. The summed E-state index contributed by atoms with van der Waals surface area (Å²) in [5.74, 6) is -3.12. The molecule has 0 aromatic rings. The van der Waals surface area contributed by atoms with Gasteiger partial charge in [-0.05, 0) is 47.8 Å². The van der Waals surface area contributed by atoms with Crippen molar-refractivity contribution in [1.29, 1.82) is 0 Å². The van der Waals surface area contributed by atoms with Gasteiger partial charge in [-0.2, -0.15) is 0 Å². The second kappa shape index (κ2) is 11.9. The van der Waals surface area contributed by atoms with Crippen molar-refractivity contribution >= 4 is 39.6 Å². The number of urea groups is 1. The number of Topliss-reactive ketones (excluding diaryl/α,β-unsaturated/α-hetero) is 1. The van der Waals surface area contributed by atoms with Crippen LogP contribution in [0.3, 0.4) is 0 Å². The second-order valence-electron chi connectivity index (χ2n) is 13.5. The molecule has 0 aromatic heterocycles. The van der Waals surface area contributed by atoms with E-state index in [2.05, 4.69) is 20.7 Å². The van der Waals surface area contributed by atoms with Gasteiger partial charge < -0.3 is 26.6 Å². The van der Waals surface area contributed by atoms with Gasteiger partial charge in [0, 0.05) is 19.1 Å². The molecule has 2 aliphatic carbocycles. The number of rotatable bonds is 13. The van der Waals surface area contributed by atoms with E-state index in [1.807, 2.05) is 20.8 Å². The molecule has 1 saturated heterocycles. The Balaban J connectivity index is 1.79. The molecular weight excluding hydrogens is 552 g/mol. The highest BCUT2D eigenvalue weighted by molar-refractivity contribution is 7.88. The summed E-state index contributed by atoms with van der Waals surface area (Å²) in [7, 11) is -3.46. The number of likely N-dealkylation sites (tertiary alicyclic amines) is 1. The molecule has 1 aliphatic heterocycles. The van der Waals surface area contributed by atoms with Crippen LogP contribution in [0.2, 0.25) is 0 Å². The number of carbonyl (C=O) groups excluding carboxylic acids is 5. The van der Waals surface area contributed by atoms with E-state index < -0.39 is 69.1 Å². The molecule has 0 spiro atoms. The lowest BCUT2D eigenvalue weighted by molar-refractivity contribution is -0.145. The van der Waals surface area contributed by atoms with Gasteiger partial charge in [-0.3, -0.25) is 19.2 Å². The Bertz CT molecular complexity index is 1180. The first kappa shape index (κ1) is 32.8. The van der Waals surface area contributed by atoms with Gasteiger partial charge in [0.1, 0.15) is 18.1 Å². The van der Waals surface area contributed by atoms with Crippen molar-refractivity contribution in [2.24, 2.45) is 34.3 Å². The van der Waals surface area contributed by atoms with Crippen molar-refractivity contribution in [2.45, 2.75) is 91.4 Å². The van der Waals surface area contributed by atoms with E-state index in [0.717, 1.165) is 6.26 Å². The molecule has 1 unspecified atom stereocenters. The number of primary amides is 1. The SMILES string of the molecule is CCC[C@@H](CNS(C)(=O)=O)NC(=O)N[C@H](C(=O)N1C[C@H]2[C@@H]([C@H]1C(=O)NC(C(=O)C(N)=O)C1CC1)C2(C)C)C(C)(C)C. The fraction of sp³-hybridized carbons (Fsp3) is 0.815. The van der Waals surface area contributed by atoms with E-state index in [0.29, 0.717) is 32.2 Å². The number of ketones is 1. The highest BCUT2D eigenvalue weighted by Crippen LogP contribution is 2.65. The van der Waals surface area contributed by atoms with Crippen molar-refractivity contribution in [3.63, 3.8) is 0 Å². The standard InChI is InChI=1S/C27H46N6O7S/c1-8-9-15(12-29-41(7,39)40)30-25(38)32-21(26(2,3)4)24(37)33-13-16-17(27(16,5)6)19(33)23(36)31-18(14-10-11-14)20(34)22(28)35/h14-19,21,29H,8-13H2,1-7H3,(H2,28,35)(H,31,36)(H2,30,32,38)/t15-,16-,17-,18?,19-,21+/m0/s1. The number of hydrogen-bond acceptors (Lipinski definition) is 7. The Labute approximate surface area is 242 Å². The van der Waals surface area contributed by atoms with E-state index in [9.17, 15) is 32.4 Å². The minimum Gasteiger partial charge on any atom is -0.363 e. The predicted molar refractivity (Wildman–Crippen MR) is 152 cm³/mol. The first-order valence-electron chi connectivity index (χ1n) is 14.3. The fourth-order valence-corrected chi connectivity index (χ4v) is 6.53. The minimum atomic E-state index is -3.46. The Hall–Kier alpha value is -2.74. The van der Waals surface area contributed by atoms with Crippen LogP contribution in [-0.4, -0.2) is 86.4 Å². The first-order chi connectivity index (χ1) is 18.8. The molecular formula is C27H46N6O7S. The van der Waals surface area contributed by atoms with Crippen molar-refractivity contribution in [3.8, 4) is 0 Å². The number of carbonyl (C=O) groups is 5. The third kappa shape index (κ3) is 7.76. The van der Waals surface area contributed by atoms with Crippen LogP contribution in [0.1, 0.15) is 67.2 Å². The van der Waals surface area contributed by atoms with Crippen LogP contribution in [0.15, 0.2) is 0 Å². The number of nitrogens with two attached hydrogens (primary N) is 1. The maximum atomic E-state index is 14.0. The number of amides is 5. The summed E-state index contributed by atoms with van der Waals surface area (Å²) < 4.78 is 25.5. The van der Waals surface area contributed by atoms with Gasteiger partial charge in [-0.1, -0.05) is 48.0 Å². The molecule has 1 heterocycles. The molecule has 232 valence electrons. The summed E-state index contributed by atoms with van der Waals surface area (Å²) in [6.45, 7) is 11.7. The van der Waals surface area contributed by atoms with E-state index >= 15 is 0 Å². The van der Waals surface area contributed by atoms with Crippen molar-refractivity contribution in [2.75, 3.05) is 19.3 Å². The lowest BCUT2D eigenvalue weighted by Crippen LogP contribution is -2.62. The van der Waals surface area contributed by atoms with Gasteiger partial charge in [0.05, 0.1) is 6.26 Å². The third-order valence-electron chi connectivity index (χ3n) is 8.63. The summed E-state index contributed by atoms with van der Waals surface area (Å²) in [6, 6.07) is -4.01. The first-order valence-corrected chi connectivity index (χ1v) is 16.1. The van der Waals surface area contributed by atoms with E-state index in [1.165, 1.54) is 4.90 Å². The maximum Gasteiger partial charge on any atom is 0.315 e. The van der Waals surface area contributed by atoms with E-state index in [1.54, 1.807) is 20.8 Å². The van der Waals surface area contributed by atoms with Gasteiger partial charge in [0.2, 0.25) is 27.6 Å². The smallest absolute Gasteiger partial charge is 0.315 e. The molecule has 0 bridgehead atoms. The summed E-state index contributed by atoms with van der Waals surface area (Å²) in [5.41, 5.74) is 4.30. The lowest BCUT2D eigenvalue weighted by Gasteiger charge is -2.38. The quantitative estimate of drug-likeness (QED) is 0.182. The Morgan fingerprint density at radius 1 is 1.05 bits per heavy atom. The Kier molecular flexibility index (Phi) is 9.48. The topological polar surface area (TPSA) is 197 Å². The molecule has 5 amide bonds. The molecule has 14 heteroatoms. The summed E-state index contributed by atoms with van der Waals surface area (Å²) in [5, 5.41) is 8.26. The highest BCUT2D eigenvalue weighted by Gasteiger charge is 2.70. The van der Waals surface area contributed by atoms with Crippen molar-refractivity contribution in [1.82, 2.24) is 25.6 Å². The molecule has 3 fully saturated rings. The number of piperidine rings is 1. The van der Waals surface area contributed by atoms with Crippen LogP contribution in [0.25, 0.3) is 0 Å². The van der Waals surface area contributed by atoms with Crippen molar-refractivity contribution in [3.05, 3.63) is 0 Å². The largest absolute Gasteiger partial charge is 0.363 e. The molecule has 2 saturated carbocycles. The normalized spacial score (nSPS) is 25.3. The molecule has 13 nitrogen and oxygen atoms in total. The van der Waals surface area contributed by atoms with Crippen LogP contribution in [0, 0.1) is 28.6 Å². The molecule has 41 heavy (non-hydrogen) atoms. The van der Waals surface area contributed by atoms with Crippen LogP contribution in [-0.2, 0) is 29.2 Å². The van der Waals surface area contributed by atoms with Crippen LogP contribution >= 0.6 is 0 Å². The van der Waals surface area contributed by atoms with E-state index in [-0.39, 0.29) is 29.7 Å². The molecule has 6 atom stereocenters. The van der Waals surface area contributed by atoms with E-state index in [4.69, 9.17) is 5.73 Å². The zero-order valence-corrected chi connectivity index (χ0v) is 25.9. The fourth-order valence-electron chi connectivity index (χ4n) is 6.03. The number of sulfonamides is 1. The number of nitrogens with one attached hydrogen (secondary N) is 4. The Morgan fingerprint density at radius 2 is 1.66 bits per heavy atom. The predicted octanol–water partition coefficient (Wildman–Crippen LogP) is -0.150. The van der Waals surface area contributed by atoms with Crippen LogP contribution in [0.5, 0.6) is 0 Å². The minimum absolute atomic E-state index is 0.00716. The van der Waals surface area contributed by atoms with Crippen LogP contribution in [0.4, 0.5) is 4.79 Å². The average molecular weight is 599 g/mol. The number of fused-ring (bicyclic) bond motifs is 1. The van der Waals surface area contributed by atoms with Crippen molar-refractivity contribution < 1.29 is 32.4 Å². The van der Waals surface area contributed by atoms with Gasteiger partial charge in [-0.25, -0.2) is 17.9 Å². The monoisotopic (exact) mass is 598 g/mol. The van der Waals surface area contributed by atoms with Gasteiger partial charge >= 0.3 is 6.03 Å². The lowest BCUT2D eigenvalue weighted by atomic mass is 9.85. The highest BCUT2D eigenvalue weighted by atomic mass is 32.2. The van der Waals surface area contributed by atoms with Gasteiger partial charge in [-0.15, -0.1) is 0 Å². The average Bonchev–Trinajstić information content (AvgIpc) is 3.71. The Morgan fingerprint density at radius 3 is 2.15 bits per heavy atom.